The summed E-state index contributed by atoms with van der Waals surface area (Å²) in [6.45, 7) is 0. The van der Waals surface area contributed by atoms with E-state index in [0.717, 1.165) is 37.2 Å². The molecule has 3 rings (SSSR count). The fourth-order valence-electron chi connectivity index (χ4n) is 2.05. The zero-order chi connectivity index (χ0) is 19.0. The first-order chi connectivity index (χ1) is 12.7. The van der Waals surface area contributed by atoms with E-state index in [4.69, 9.17) is 21.3 Å². The predicted octanol–water partition coefficient (Wildman–Crippen LogP) is 3.75. The number of allylic oxidation sites excluding steroid dienone is 8. The number of hydrogen-bond acceptors (Lipinski definition) is 4. The van der Waals surface area contributed by atoms with E-state index >= 15 is 0 Å². The maximum atomic E-state index is 7.00. The molecule has 0 spiro atoms. The summed E-state index contributed by atoms with van der Waals surface area (Å²) in [4.78, 5) is 0. The second-order valence-electron chi connectivity index (χ2n) is 5.35. The summed E-state index contributed by atoms with van der Waals surface area (Å²) in [7, 11) is 1.00. The van der Waals surface area contributed by atoms with Crippen LogP contribution >= 0.6 is 0 Å². The number of aliphatic hydroxyl groups excluding tert-OH is 1. The Morgan fingerprint density at radius 3 is 2.46 bits per heavy atom. The fraction of sp³-hybridized carbons (Fsp3) is 0.182. The van der Waals surface area contributed by atoms with Gasteiger partial charge in [0.15, 0.2) is 0 Å². The van der Waals surface area contributed by atoms with Crippen molar-refractivity contribution in [2.75, 3.05) is 7.11 Å². The number of rotatable bonds is 2. The topological polar surface area (TPSA) is 81.5 Å². The van der Waals surface area contributed by atoms with Gasteiger partial charge in [-0.2, -0.15) is 0 Å². The van der Waals surface area contributed by atoms with Crippen LogP contribution in [0, 0.1) is 0 Å². The van der Waals surface area contributed by atoms with Gasteiger partial charge in [-0.25, -0.2) is 0 Å². The Balaban J connectivity index is 0.000000263. The number of para-hydroxylation sites is 1. The summed E-state index contributed by atoms with van der Waals surface area (Å²) >= 11 is 0. The minimum atomic E-state index is 0.106. The van der Waals surface area contributed by atoms with Crippen LogP contribution in [0.15, 0.2) is 103 Å². The normalized spacial score (nSPS) is 20.3. The Kier molecular flexibility index (Phi) is 11.0. The highest BCUT2D eigenvalue weighted by Crippen LogP contribution is 2.15. The van der Waals surface area contributed by atoms with Crippen molar-refractivity contribution in [3.63, 3.8) is 0 Å². The highest BCUT2D eigenvalue weighted by Gasteiger charge is 1.98. The quantitative estimate of drug-likeness (QED) is 0.708. The lowest BCUT2D eigenvalue weighted by Crippen LogP contribution is -2.12. The zero-order valence-corrected chi connectivity index (χ0v) is 15.2. The monoisotopic (exact) mass is 352 g/mol. The molecule has 0 bridgehead atoms. The third kappa shape index (κ3) is 9.47. The van der Waals surface area contributed by atoms with Crippen LogP contribution in [-0.4, -0.2) is 18.3 Å². The molecule has 2 aliphatic rings. The molecule has 1 aromatic carbocycles. The number of aliphatic hydroxyl groups is 1. The lowest BCUT2D eigenvalue weighted by atomic mass is 10.2. The third-order valence-electron chi connectivity index (χ3n) is 3.30. The van der Waals surface area contributed by atoms with Crippen molar-refractivity contribution in [2.45, 2.75) is 18.9 Å². The number of hydrogen-bond donors (Lipinski definition) is 3. The third-order valence-corrected chi connectivity index (χ3v) is 3.30. The summed E-state index contributed by atoms with van der Waals surface area (Å²) in [5.41, 5.74) is 12.0. The van der Waals surface area contributed by atoms with Gasteiger partial charge in [0, 0.05) is 18.8 Å². The second-order valence-corrected chi connectivity index (χ2v) is 5.35. The standard InChI is InChI=1S/C13H13NO.C8H11N.CH4O/c14-11-5-4-8-13(10-9-11)15-12-6-2-1-3-7-12;9-8-6-4-2-1-3-5-7-8;1-2/h1-3,5-10H,4,14H2;1-2,4-8H,3,9H2;2H,1H3/b;2-1-,6-4-,7-5?;. The van der Waals surface area contributed by atoms with Crippen molar-refractivity contribution in [3.05, 3.63) is 103 Å². The predicted molar refractivity (Wildman–Crippen MR) is 109 cm³/mol. The van der Waals surface area contributed by atoms with Gasteiger partial charge in [-0.1, -0.05) is 60.7 Å². The van der Waals surface area contributed by atoms with E-state index in [1.807, 2.05) is 78.9 Å². The van der Waals surface area contributed by atoms with Crippen molar-refractivity contribution in [3.8, 4) is 5.75 Å². The Hall–Kier alpha value is -2.82. The van der Waals surface area contributed by atoms with E-state index in [1.165, 1.54) is 0 Å². The second kappa shape index (κ2) is 13.5. The lowest BCUT2D eigenvalue weighted by Gasteiger charge is -2.04. The number of ether oxygens (including phenoxy) is 1. The molecule has 0 heterocycles. The van der Waals surface area contributed by atoms with Gasteiger partial charge in [-0.15, -0.1) is 0 Å². The molecule has 0 aliphatic heterocycles. The van der Waals surface area contributed by atoms with Gasteiger partial charge in [-0.05, 0) is 43.2 Å². The molecule has 1 atom stereocenters. The van der Waals surface area contributed by atoms with Crippen molar-refractivity contribution < 1.29 is 9.84 Å². The van der Waals surface area contributed by atoms with E-state index < -0.39 is 0 Å². The van der Waals surface area contributed by atoms with Crippen LogP contribution in [0.5, 0.6) is 5.75 Å². The summed E-state index contributed by atoms with van der Waals surface area (Å²) < 4.78 is 5.67. The van der Waals surface area contributed by atoms with E-state index in [-0.39, 0.29) is 6.04 Å². The highest BCUT2D eigenvalue weighted by molar-refractivity contribution is 5.31. The van der Waals surface area contributed by atoms with Gasteiger partial charge in [0.25, 0.3) is 0 Å². The maximum Gasteiger partial charge on any atom is 0.127 e. The van der Waals surface area contributed by atoms with Gasteiger partial charge in [0.2, 0.25) is 0 Å². The van der Waals surface area contributed by atoms with Crippen LogP contribution in [0.25, 0.3) is 0 Å². The van der Waals surface area contributed by atoms with Crippen molar-refractivity contribution >= 4 is 0 Å². The molecule has 4 heteroatoms. The van der Waals surface area contributed by atoms with E-state index in [0.29, 0.717) is 0 Å². The first kappa shape index (κ1) is 21.2. The zero-order valence-electron chi connectivity index (χ0n) is 15.2. The van der Waals surface area contributed by atoms with Crippen LogP contribution in [0.2, 0.25) is 0 Å². The van der Waals surface area contributed by atoms with E-state index in [9.17, 15) is 0 Å². The Labute approximate surface area is 156 Å². The molecule has 0 saturated carbocycles. The minimum Gasteiger partial charge on any atom is -0.458 e. The van der Waals surface area contributed by atoms with Crippen LogP contribution < -0.4 is 16.2 Å². The van der Waals surface area contributed by atoms with E-state index in [2.05, 4.69) is 12.2 Å². The number of benzene rings is 1. The molecule has 0 aromatic heterocycles. The summed E-state index contributed by atoms with van der Waals surface area (Å²) in [5, 5.41) is 7.00. The van der Waals surface area contributed by atoms with Crippen LogP contribution in [0.4, 0.5) is 0 Å². The Morgan fingerprint density at radius 2 is 1.69 bits per heavy atom. The van der Waals surface area contributed by atoms with Gasteiger partial charge in [0.1, 0.15) is 11.5 Å². The van der Waals surface area contributed by atoms with Gasteiger partial charge >= 0.3 is 0 Å². The van der Waals surface area contributed by atoms with Crippen molar-refractivity contribution in [1.29, 1.82) is 0 Å². The average molecular weight is 352 g/mol. The molecule has 1 unspecified atom stereocenters. The van der Waals surface area contributed by atoms with Crippen LogP contribution in [-0.2, 0) is 0 Å². The Morgan fingerprint density at radius 1 is 0.923 bits per heavy atom. The summed E-state index contributed by atoms with van der Waals surface area (Å²) in [5.74, 6) is 1.67. The van der Waals surface area contributed by atoms with Gasteiger partial charge in [-0.3, -0.25) is 0 Å². The number of nitrogens with two attached hydrogens (primary N) is 2. The SMILES string of the molecule is CO.NC1=CCC=C(Oc2ccccc2)C=C1.NC1C=CC/C=C\C=C/1. The molecular weight excluding hydrogens is 324 g/mol. The lowest BCUT2D eigenvalue weighted by molar-refractivity contribution is 0.399. The Bertz CT molecular complexity index is 683. The van der Waals surface area contributed by atoms with Crippen LogP contribution in [0.3, 0.4) is 0 Å². The molecule has 1 aromatic rings. The van der Waals surface area contributed by atoms with Gasteiger partial charge in [0.05, 0.1) is 0 Å². The molecule has 26 heavy (non-hydrogen) atoms. The molecule has 0 amide bonds. The molecule has 4 nitrogen and oxygen atoms in total. The molecule has 2 aliphatic carbocycles. The van der Waals surface area contributed by atoms with Crippen molar-refractivity contribution in [1.82, 2.24) is 0 Å². The molecule has 138 valence electrons. The molecule has 5 N–H and O–H groups in total. The average Bonchev–Trinajstić information content (AvgIpc) is 2.86. The summed E-state index contributed by atoms with van der Waals surface area (Å²) in [6, 6.07) is 9.82. The smallest absolute Gasteiger partial charge is 0.127 e. The van der Waals surface area contributed by atoms with Crippen LogP contribution in [0.1, 0.15) is 12.8 Å². The van der Waals surface area contributed by atoms with Crippen molar-refractivity contribution in [2.24, 2.45) is 11.5 Å². The molecule has 0 fully saturated rings. The molecule has 0 radical (unpaired) electrons. The van der Waals surface area contributed by atoms with Gasteiger partial charge < -0.3 is 21.3 Å². The fourth-order valence-corrected chi connectivity index (χ4v) is 2.05. The summed E-state index contributed by atoms with van der Waals surface area (Å²) in [6.07, 6.45) is 21.6. The first-order valence-corrected chi connectivity index (χ1v) is 8.51. The maximum absolute atomic E-state index is 7.00. The largest absolute Gasteiger partial charge is 0.458 e. The minimum absolute atomic E-state index is 0.106. The highest BCUT2D eigenvalue weighted by atomic mass is 16.5. The van der Waals surface area contributed by atoms with E-state index in [1.54, 1.807) is 0 Å². The molecular formula is C22H28N2O2. The first-order valence-electron chi connectivity index (χ1n) is 8.51. The molecule has 0 saturated heterocycles.